The fraction of sp³-hybridized carbons (Fsp3) is 0. The Morgan fingerprint density at radius 3 is 1.62 bits per heavy atom. The Morgan fingerprint density at radius 1 is 0.812 bits per heavy atom. The van der Waals surface area contributed by atoms with Gasteiger partial charge in [0.1, 0.15) is 12.6 Å². The molecule has 0 radical (unpaired) electrons. The normalized spacial score (nSPS) is 9.75. The van der Waals surface area contributed by atoms with Gasteiger partial charge in [0.15, 0.2) is 0 Å². The van der Waals surface area contributed by atoms with Crippen molar-refractivity contribution in [1.29, 1.82) is 0 Å². The molecule has 2 rings (SSSR count). The van der Waals surface area contributed by atoms with Gasteiger partial charge in [-0.3, -0.25) is 19.6 Å². The van der Waals surface area contributed by atoms with Crippen LogP contribution in [0, 0.1) is 0 Å². The second-order valence-corrected chi connectivity index (χ2v) is 3.18. The Bertz CT molecular complexity index is 489. The quantitative estimate of drug-likeness (QED) is 0.727. The largest absolute Gasteiger partial charge is 0.298 e. The molecule has 0 saturated heterocycles. The standard InChI is InChI=1S/C12H8N2O2/c15-7-9-1-3-13-11(5-9)12-6-10(8-16)2-4-14-12/h1-8H. The summed E-state index contributed by atoms with van der Waals surface area (Å²) in [5.41, 5.74) is 2.22. The molecule has 0 N–H and O–H groups in total. The molecule has 4 nitrogen and oxygen atoms in total. The van der Waals surface area contributed by atoms with E-state index in [-0.39, 0.29) is 0 Å². The third kappa shape index (κ3) is 2.00. The molecule has 0 amide bonds. The summed E-state index contributed by atoms with van der Waals surface area (Å²) in [6, 6.07) is 6.48. The van der Waals surface area contributed by atoms with E-state index in [0.29, 0.717) is 22.5 Å². The van der Waals surface area contributed by atoms with E-state index < -0.39 is 0 Å². The molecule has 0 aliphatic heterocycles. The van der Waals surface area contributed by atoms with Crippen molar-refractivity contribution in [3.05, 3.63) is 47.8 Å². The fourth-order valence-electron chi connectivity index (χ4n) is 1.32. The van der Waals surface area contributed by atoms with E-state index in [0.717, 1.165) is 12.6 Å². The highest BCUT2D eigenvalue weighted by atomic mass is 16.1. The van der Waals surface area contributed by atoms with E-state index in [1.807, 2.05) is 0 Å². The summed E-state index contributed by atoms with van der Waals surface area (Å²) < 4.78 is 0. The third-order valence-electron chi connectivity index (χ3n) is 2.10. The Labute approximate surface area is 92.0 Å². The first kappa shape index (κ1) is 10.2. The molecule has 2 heterocycles. The summed E-state index contributed by atoms with van der Waals surface area (Å²) >= 11 is 0. The van der Waals surface area contributed by atoms with Crippen molar-refractivity contribution < 1.29 is 9.59 Å². The maximum atomic E-state index is 10.6. The Morgan fingerprint density at radius 2 is 1.25 bits per heavy atom. The first-order valence-electron chi connectivity index (χ1n) is 4.66. The number of pyridine rings is 2. The number of carbonyl (C=O) groups excluding carboxylic acids is 2. The van der Waals surface area contributed by atoms with Crippen molar-refractivity contribution in [2.24, 2.45) is 0 Å². The first-order valence-corrected chi connectivity index (χ1v) is 4.66. The topological polar surface area (TPSA) is 59.9 Å². The molecule has 0 aliphatic carbocycles. The van der Waals surface area contributed by atoms with E-state index >= 15 is 0 Å². The van der Waals surface area contributed by atoms with Gasteiger partial charge in [0, 0.05) is 23.5 Å². The summed E-state index contributed by atoms with van der Waals surface area (Å²) in [6.45, 7) is 0. The highest BCUT2D eigenvalue weighted by Gasteiger charge is 2.02. The minimum absolute atomic E-state index is 0.531. The van der Waals surface area contributed by atoms with Gasteiger partial charge in [0.25, 0.3) is 0 Å². The summed E-state index contributed by atoms with van der Waals surface area (Å²) in [5.74, 6) is 0. The van der Waals surface area contributed by atoms with Crippen molar-refractivity contribution in [3.63, 3.8) is 0 Å². The Hall–Kier alpha value is -2.36. The van der Waals surface area contributed by atoms with Crippen LogP contribution in [0.1, 0.15) is 20.7 Å². The number of carbonyl (C=O) groups is 2. The van der Waals surface area contributed by atoms with Gasteiger partial charge in [-0.15, -0.1) is 0 Å². The number of nitrogens with zero attached hydrogens (tertiary/aromatic N) is 2. The van der Waals surface area contributed by atoms with E-state index in [4.69, 9.17) is 0 Å². The van der Waals surface area contributed by atoms with Crippen molar-refractivity contribution >= 4 is 12.6 Å². The predicted octanol–water partition coefficient (Wildman–Crippen LogP) is 1.77. The summed E-state index contributed by atoms with van der Waals surface area (Å²) in [6.07, 6.45) is 4.56. The minimum Gasteiger partial charge on any atom is -0.298 e. The molecule has 0 fully saturated rings. The van der Waals surface area contributed by atoms with E-state index in [1.54, 1.807) is 24.3 Å². The summed E-state index contributed by atoms with van der Waals surface area (Å²) in [4.78, 5) is 29.4. The molecule has 0 bridgehead atoms. The second-order valence-electron chi connectivity index (χ2n) is 3.18. The van der Waals surface area contributed by atoms with Gasteiger partial charge in [-0.05, 0) is 24.3 Å². The molecular weight excluding hydrogens is 204 g/mol. The van der Waals surface area contributed by atoms with Crippen LogP contribution in [0.4, 0.5) is 0 Å². The molecule has 0 saturated carbocycles. The monoisotopic (exact) mass is 212 g/mol. The van der Waals surface area contributed by atoms with Gasteiger partial charge in [-0.1, -0.05) is 0 Å². The minimum atomic E-state index is 0.531. The van der Waals surface area contributed by atoms with Gasteiger partial charge in [0.2, 0.25) is 0 Å². The smallest absolute Gasteiger partial charge is 0.150 e. The van der Waals surface area contributed by atoms with Crippen LogP contribution < -0.4 is 0 Å². The lowest BCUT2D eigenvalue weighted by molar-refractivity contribution is 0.111. The third-order valence-corrected chi connectivity index (χ3v) is 2.10. The highest BCUT2D eigenvalue weighted by Crippen LogP contribution is 2.15. The Balaban J connectivity index is 2.49. The average molecular weight is 212 g/mol. The van der Waals surface area contributed by atoms with Crippen LogP contribution in [0.3, 0.4) is 0 Å². The summed E-state index contributed by atoms with van der Waals surface area (Å²) in [7, 11) is 0. The SMILES string of the molecule is O=Cc1ccnc(-c2cc(C=O)ccn2)c1. The second kappa shape index (κ2) is 4.44. The van der Waals surface area contributed by atoms with E-state index in [1.165, 1.54) is 12.4 Å². The maximum Gasteiger partial charge on any atom is 0.150 e. The molecule has 2 aromatic heterocycles. The lowest BCUT2D eigenvalue weighted by Gasteiger charge is -2.00. The molecule has 0 aliphatic rings. The van der Waals surface area contributed by atoms with Gasteiger partial charge >= 0.3 is 0 Å². The number of aldehydes is 2. The molecule has 0 atom stereocenters. The number of hydrogen-bond acceptors (Lipinski definition) is 4. The van der Waals surface area contributed by atoms with Gasteiger partial charge in [0.05, 0.1) is 11.4 Å². The zero-order chi connectivity index (χ0) is 11.4. The molecule has 2 aromatic rings. The summed E-state index contributed by atoms with van der Waals surface area (Å²) in [5, 5.41) is 0. The molecule has 0 aromatic carbocycles. The van der Waals surface area contributed by atoms with Gasteiger partial charge in [-0.2, -0.15) is 0 Å². The zero-order valence-corrected chi connectivity index (χ0v) is 8.33. The van der Waals surface area contributed by atoms with Crippen LogP contribution in [0.5, 0.6) is 0 Å². The highest BCUT2D eigenvalue weighted by molar-refractivity contribution is 5.79. The Kier molecular flexibility index (Phi) is 2.82. The van der Waals surface area contributed by atoms with Crippen molar-refractivity contribution in [2.45, 2.75) is 0 Å². The maximum absolute atomic E-state index is 10.6. The number of rotatable bonds is 3. The van der Waals surface area contributed by atoms with Crippen LogP contribution in [0.2, 0.25) is 0 Å². The molecule has 4 heteroatoms. The van der Waals surface area contributed by atoms with E-state index in [2.05, 4.69) is 9.97 Å². The molecule has 16 heavy (non-hydrogen) atoms. The molecule has 78 valence electrons. The van der Waals surface area contributed by atoms with Crippen molar-refractivity contribution in [1.82, 2.24) is 9.97 Å². The van der Waals surface area contributed by atoms with Crippen LogP contribution >= 0.6 is 0 Å². The van der Waals surface area contributed by atoms with Crippen LogP contribution in [-0.2, 0) is 0 Å². The fourth-order valence-corrected chi connectivity index (χ4v) is 1.32. The van der Waals surface area contributed by atoms with Crippen molar-refractivity contribution in [3.8, 4) is 11.4 Å². The van der Waals surface area contributed by atoms with Crippen LogP contribution in [0.25, 0.3) is 11.4 Å². The molecule has 0 spiro atoms. The van der Waals surface area contributed by atoms with Crippen molar-refractivity contribution in [2.75, 3.05) is 0 Å². The van der Waals surface area contributed by atoms with E-state index in [9.17, 15) is 9.59 Å². The van der Waals surface area contributed by atoms with Gasteiger partial charge in [-0.25, -0.2) is 0 Å². The lowest BCUT2D eigenvalue weighted by Crippen LogP contribution is -1.91. The lowest BCUT2D eigenvalue weighted by atomic mass is 10.1. The number of hydrogen-bond donors (Lipinski definition) is 0. The average Bonchev–Trinajstić information content (AvgIpc) is 2.39. The molecular formula is C12H8N2O2. The van der Waals surface area contributed by atoms with Gasteiger partial charge < -0.3 is 0 Å². The zero-order valence-electron chi connectivity index (χ0n) is 8.33. The molecule has 0 unspecified atom stereocenters. The first-order chi connectivity index (χ1) is 7.83. The predicted molar refractivity (Wildman–Crippen MR) is 58.2 cm³/mol. The van der Waals surface area contributed by atoms with Crippen LogP contribution in [-0.4, -0.2) is 22.5 Å². The number of aromatic nitrogens is 2. The van der Waals surface area contributed by atoms with Crippen LogP contribution in [0.15, 0.2) is 36.7 Å².